The molecule has 5 aliphatic rings. The molecule has 3 aliphatic heterocycles. The van der Waals surface area contributed by atoms with Crippen LogP contribution < -0.4 is 4.90 Å². The molecule has 7 unspecified atom stereocenters. The maximum absolute atomic E-state index is 13.0. The van der Waals surface area contributed by atoms with E-state index < -0.39 is 0 Å². The Morgan fingerprint density at radius 2 is 1.93 bits per heavy atom. The van der Waals surface area contributed by atoms with Crippen LogP contribution in [0.4, 0.5) is 5.69 Å². The molecular weight excluding hydrogens is 376 g/mol. The third-order valence-corrected chi connectivity index (χ3v) is 8.66. The summed E-state index contributed by atoms with van der Waals surface area (Å²) < 4.78 is 12.2. The van der Waals surface area contributed by atoms with Crippen molar-refractivity contribution in [1.29, 1.82) is 0 Å². The van der Waals surface area contributed by atoms with Gasteiger partial charge in [-0.1, -0.05) is 30.4 Å². The summed E-state index contributed by atoms with van der Waals surface area (Å²) in [6, 6.07) is 10.6. The van der Waals surface area contributed by atoms with Crippen LogP contribution >= 0.6 is 0 Å². The Balaban J connectivity index is 1.15. The molecule has 0 radical (unpaired) electrons. The van der Waals surface area contributed by atoms with Crippen molar-refractivity contribution in [2.24, 2.45) is 23.7 Å². The molecule has 0 aromatic heterocycles. The van der Waals surface area contributed by atoms with Gasteiger partial charge < -0.3 is 14.4 Å². The molecule has 6 rings (SSSR count). The van der Waals surface area contributed by atoms with Crippen molar-refractivity contribution < 1.29 is 14.3 Å². The highest BCUT2D eigenvalue weighted by molar-refractivity contribution is 5.76. The van der Waals surface area contributed by atoms with Crippen LogP contribution in [-0.2, 0) is 14.3 Å². The van der Waals surface area contributed by atoms with E-state index in [0.29, 0.717) is 23.9 Å². The smallest absolute Gasteiger partial charge is 0.310 e. The zero-order chi connectivity index (χ0) is 20.5. The molecule has 7 atom stereocenters. The molecule has 0 spiro atoms. The molecule has 30 heavy (non-hydrogen) atoms. The van der Waals surface area contributed by atoms with E-state index in [1.807, 2.05) is 0 Å². The first kappa shape index (κ1) is 18.9. The summed E-state index contributed by atoms with van der Waals surface area (Å²) in [5, 5.41) is 0. The van der Waals surface area contributed by atoms with Crippen molar-refractivity contribution in [2.45, 2.75) is 44.0 Å². The highest BCUT2D eigenvalue weighted by Gasteiger charge is 2.71. The fourth-order valence-electron chi connectivity index (χ4n) is 6.87. The van der Waals surface area contributed by atoms with E-state index in [0.717, 1.165) is 52.0 Å². The number of esters is 1. The minimum Gasteiger partial charge on any atom is -0.461 e. The quantitative estimate of drug-likeness (QED) is 0.437. The van der Waals surface area contributed by atoms with Gasteiger partial charge in [0, 0.05) is 50.2 Å². The Morgan fingerprint density at radius 1 is 1.17 bits per heavy atom. The zero-order valence-electron chi connectivity index (χ0n) is 17.8. The Bertz CT molecular complexity index is 849. The van der Waals surface area contributed by atoms with E-state index in [1.54, 1.807) is 0 Å². The molecule has 5 nitrogen and oxygen atoms in total. The second kappa shape index (κ2) is 6.83. The Hall–Kier alpha value is -1.85. The number of epoxide rings is 1. The molecule has 2 saturated carbocycles. The lowest BCUT2D eigenvalue weighted by Gasteiger charge is -2.37. The van der Waals surface area contributed by atoms with Crippen LogP contribution in [0.3, 0.4) is 0 Å². The van der Waals surface area contributed by atoms with Crippen molar-refractivity contribution in [2.75, 3.05) is 37.6 Å². The van der Waals surface area contributed by atoms with E-state index in [1.165, 1.54) is 11.3 Å². The van der Waals surface area contributed by atoms with E-state index in [-0.39, 0.29) is 23.6 Å². The molecule has 2 aliphatic carbocycles. The number of para-hydroxylation sites is 1. The Labute approximate surface area is 179 Å². The number of piperazine rings is 1. The highest BCUT2D eigenvalue weighted by atomic mass is 16.6. The van der Waals surface area contributed by atoms with Gasteiger partial charge in [-0.2, -0.15) is 0 Å². The van der Waals surface area contributed by atoms with Gasteiger partial charge in [-0.3, -0.25) is 9.69 Å². The van der Waals surface area contributed by atoms with Gasteiger partial charge in [-0.05, 0) is 44.2 Å². The molecule has 160 valence electrons. The largest absolute Gasteiger partial charge is 0.461 e. The predicted molar refractivity (Wildman–Crippen MR) is 115 cm³/mol. The second-order valence-corrected chi connectivity index (χ2v) is 10.2. The van der Waals surface area contributed by atoms with Crippen molar-refractivity contribution >= 4 is 11.7 Å². The molecular formula is C25H32N2O3. The zero-order valence-corrected chi connectivity index (χ0v) is 17.8. The van der Waals surface area contributed by atoms with E-state index >= 15 is 0 Å². The van der Waals surface area contributed by atoms with Crippen LogP contribution in [-0.4, -0.2) is 61.4 Å². The minimum atomic E-state index is -0.0999. The topological polar surface area (TPSA) is 45.3 Å². The Kier molecular flexibility index (Phi) is 4.30. The standard InChI is InChI=1S/C25H32N2O3/c1-16-8-9-18-20(15-26-10-12-27(13-11-26)17-6-4-3-5-7-17)24(28)29-23(18)22-19(16)14-21-25(22,2)30-21/h3-7,18-23H,1,8-15H2,2H3. The fourth-order valence-corrected chi connectivity index (χ4v) is 6.87. The van der Waals surface area contributed by atoms with E-state index in [2.05, 4.69) is 53.6 Å². The van der Waals surface area contributed by atoms with Gasteiger partial charge in [0.2, 0.25) is 0 Å². The van der Waals surface area contributed by atoms with Gasteiger partial charge in [-0.25, -0.2) is 0 Å². The summed E-state index contributed by atoms with van der Waals surface area (Å²) in [6.45, 7) is 11.5. The number of hydrogen-bond donors (Lipinski definition) is 0. The van der Waals surface area contributed by atoms with Crippen molar-refractivity contribution in [3.05, 3.63) is 42.5 Å². The summed E-state index contributed by atoms with van der Waals surface area (Å²) in [7, 11) is 0. The number of anilines is 1. The van der Waals surface area contributed by atoms with Crippen LogP contribution in [0.2, 0.25) is 0 Å². The number of rotatable bonds is 3. The van der Waals surface area contributed by atoms with Crippen molar-refractivity contribution in [3.8, 4) is 0 Å². The predicted octanol–water partition coefficient (Wildman–Crippen LogP) is 3.11. The molecule has 0 N–H and O–H groups in total. The number of benzene rings is 1. The van der Waals surface area contributed by atoms with Gasteiger partial charge in [0.1, 0.15) is 6.10 Å². The van der Waals surface area contributed by atoms with Crippen LogP contribution in [0, 0.1) is 23.7 Å². The van der Waals surface area contributed by atoms with Crippen molar-refractivity contribution in [3.63, 3.8) is 0 Å². The first-order valence-electron chi connectivity index (χ1n) is 11.6. The van der Waals surface area contributed by atoms with Gasteiger partial charge >= 0.3 is 5.97 Å². The SMILES string of the molecule is C=C1CCC2C(CN3CCN(c4ccccc4)CC3)C(=O)OC2C2C1CC1OC12C. The summed E-state index contributed by atoms with van der Waals surface area (Å²) in [6.07, 6.45) is 3.46. The first-order valence-corrected chi connectivity index (χ1v) is 11.6. The van der Waals surface area contributed by atoms with Crippen LogP contribution in [0.15, 0.2) is 42.5 Å². The fraction of sp³-hybridized carbons (Fsp3) is 0.640. The molecule has 3 heterocycles. The lowest BCUT2D eigenvalue weighted by Crippen LogP contribution is -2.49. The average molecular weight is 409 g/mol. The number of fused-ring (bicyclic) bond motifs is 5. The van der Waals surface area contributed by atoms with Crippen LogP contribution in [0.5, 0.6) is 0 Å². The number of carbonyl (C=O) groups is 1. The van der Waals surface area contributed by atoms with E-state index in [9.17, 15) is 4.79 Å². The molecule has 3 saturated heterocycles. The lowest BCUT2D eigenvalue weighted by atomic mass is 9.77. The molecule has 0 amide bonds. The van der Waals surface area contributed by atoms with Gasteiger partial charge in [-0.15, -0.1) is 0 Å². The number of carbonyl (C=O) groups excluding carboxylic acids is 1. The van der Waals surface area contributed by atoms with Gasteiger partial charge in [0.05, 0.1) is 17.6 Å². The summed E-state index contributed by atoms with van der Waals surface area (Å²) >= 11 is 0. The summed E-state index contributed by atoms with van der Waals surface area (Å²) in [5.41, 5.74) is 2.55. The van der Waals surface area contributed by atoms with Crippen LogP contribution in [0.1, 0.15) is 26.2 Å². The number of hydrogen-bond acceptors (Lipinski definition) is 5. The molecule has 0 bridgehead atoms. The monoisotopic (exact) mass is 408 g/mol. The van der Waals surface area contributed by atoms with Gasteiger partial charge in [0.25, 0.3) is 0 Å². The molecule has 1 aromatic carbocycles. The second-order valence-electron chi connectivity index (χ2n) is 10.2. The third-order valence-electron chi connectivity index (χ3n) is 8.66. The number of ether oxygens (including phenoxy) is 2. The number of nitrogens with zero attached hydrogens (tertiary/aromatic N) is 2. The first-order chi connectivity index (χ1) is 14.5. The lowest BCUT2D eigenvalue weighted by molar-refractivity contribution is -0.147. The molecule has 5 heteroatoms. The third kappa shape index (κ3) is 2.85. The van der Waals surface area contributed by atoms with Crippen molar-refractivity contribution in [1.82, 2.24) is 4.90 Å². The summed E-state index contributed by atoms with van der Waals surface area (Å²) in [5.74, 6) is 1.08. The molecule has 5 fully saturated rings. The van der Waals surface area contributed by atoms with E-state index in [4.69, 9.17) is 9.47 Å². The maximum Gasteiger partial charge on any atom is 0.310 e. The Morgan fingerprint density at radius 3 is 2.70 bits per heavy atom. The number of allylic oxidation sites excluding steroid dienone is 1. The molecule has 1 aromatic rings. The van der Waals surface area contributed by atoms with Gasteiger partial charge in [0.15, 0.2) is 0 Å². The highest BCUT2D eigenvalue weighted by Crippen LogP contribution is 2.63. The van der Waals surface area contributed by atoms with Crippen LogP contribution in [0.25, 0.3) is 0 Å². The summed E-state index contributed by atoms with van der Waals surface area (Å²) in [4.78, 5) is 17.9. The minimum absolute atomic E-state index is 0.00812. The normalized spacial score (nSPS) is 42.9. The maximum atomic E-state index is 13.0. The average Bonchev–Trinajstić information content (AvgIpc) is 3.24.